The molecular weight excluding hydrogens is 368 g/mol. The normalized spacial score (nSPS) is 16.0. The first-order valence-corrected chi connectivity index (χ1v) is 10.1. The predicted octanol–water partition coefficient (Wildman–Crippen LogP) is 3.05. The van der Waals surface area contributed by atoms with Gasteiger partial charge in [-0.1, -0.05) is 43.6 Å². The molecule has 0 radical (unpaired) electrons. The Hall–Kier alpha value is -2.38. The largest absolute Gasteiger partial charge is 0.496 e. The number of hydrogen-bond acceptors (Lipinski definition) is 6. The average molecular weight is 401 g/mol. The number of carbonyl (C=O) groups excluding carboxylic acids is 1. The standard InChI is InChI=1S/C22H32N4O3/c1-16-6-7-18(28-5)17(12-16)14-25-8-10-26(11-9-25)15-20(27)23-21-13-19(24-29-21)22(2,3)4/h6-7,12-13H,8-11,14-15H2,1-5H3,(H,23,27). The van der Waals surface area contributed by atoms with Gasteiger partial charge in [-0.2, -0.15) is 0 Å². The van der Waals surface area contributed by atoms with Gasteiger partial charge in [0.1, 0.15) is 5.75 Å². The number of anilines is 1. The molecule has 1 N–H and O–H groups in total. The molecule has 29 heavy (non-hydrogen) atoms. The van der Waals surface area contributed by atoms with Crippen LogP contribution in [0.15, 0.2) is 28.8 Å². The summed E-state index contributed by atoms with van der Waals surface area (Å²) in [6.45, 7) is 13.0. The molecule has 0 atom stereocenters. The summed E-state index contributed by atoms with van der Waals surface area (Å²) in [5.41, 5.74) is 3.16. The van der Waals surface area contributed by atoms with E-state index in [9.17, 15) is 4.79 Å². The topological polar surface area (TPSA) is 70.8 Å². The van der Waals surface area contributed by atoms with Gasteiger partial charge in [0.05, 0.1) is 19.3 Å². The second kappa shape index (κ2) is 8.97. The van der Waals surface area contributed by atoms with E-state index in [0.717, 1.165) is 44.2 Å². The van der Waals surface area contributed by atoms with Crippen LogP contribution in [0.2, 0.25) is 0 Å². The molecule has 2 aromatic rings. The van der Waals surface area contributed by atoms with Crippen LogP contribution in [0.3, 0.4) is 0 Å². The van der Waals surface area contributed by atoms with Crippen LogP contribution in [0.4, 0.5) is 5.88 Å². The second-order valence-corrected chi connectivity index (χ2v) is 8.74. The Morgan fingerprint density at radius 1 is 1.17 bits per heavy atom. The molecular formula is C22H32N4O3. The molecule has 1 aromatic heterocycles. The molecule has 0 saturated carbocycles. The van der Waals surface area contributed by atoms with Gasteiger partial charge in [-0.15, -0.1) is 0 Å². The van der Waals surface area contributed by atoms with Crippen molar-refractivity contribution in [3.05, 3.63) is 41.1 Å². The van der Waals surface area contributed by atoms with Crippen molar-refractivity contribution in [3.8, 4) is 5.75 Å². The zero-order valence-electron chi connectivity index (χ0n) is 18.1. The van der Waals surface area contributed by atoms with Crippen LogP contribution in [0.1, 0.15) is 37.6 Å². The van der Waals surface area contributed by atoms with Gasteiger partial charge in [-0.25, -0.2) is 0 Å². The molecule has 0 bridgehead atoms. The average Bonchev–Trinajstić information content (AvgIpc) is 3.12. The van der Waals surface area contributed by atoms with Crippen molar-refractivity contribution in [2.75, 3.05) is 45.2 Å². The Labute approximate surface area is 173 Å². The second-order valence-electron chi connectivity index (χ2n) is 8.74. The Kier molecular flexibility index (Phi) is 6.59. The molecule has 3 rings (SSSR count). The highest BCUT2D eigenvalue weighted by Crippen LogP contribution is 2.24. The number of aromatic nitrogens is 1. The molecule has 1 fully saturated rings. The molecule has 0 aliphatic carbocycles. The third-order valence-corrected chi connectivity index (χ3v) is 5.20. The van der Waals surface area contributed by atoms with Crippen molar-refractivity contribution in [2.24, 2.45) is 0 Å². The highest BCUT2D eigenvalue weighted by Gasteiger charge is 2.22. The first-order chi connectivity index (χ1) is 13.7. The number of benzene rings is 1. The zero-order valence-corrected chi connectivity index (χ0v) is 18.1. The summed E-state index contributed by atoms with van der Waals surface area (Å²) in [6, 6.07) is 8.07. The van der Waals surface area contributed by atoms with Crippen LogP contribution < -0.4 is 10.1 Å². The molecule has 1 aromatic carbocycles. The van der Waals surface area contributed by atoms with E-state index in [1.54, 1.807) is 13.2 Å². The van der Waals surface area contributed by atoms with Crippen molar-refractivity contribution in [1.82, 2.24) is 15.0 Å². The van der Waals surface area contributed by atoms with Crippen LogP contribution in [0, 0.1) is 6.92 Å². The quantitative estimate of drug-likeness (QED) is 0.804. The van der Waals surface area contributed by atoms with Crippen molar-refractivity contribution in [3.63, 3.8) is 0 Å². The summed E-state index contributed by atoms with van der Waals surface area (Å²) in [4.78, 5) is 16.9. The summed E-state index contributed by atoms with van der Waals surface area (Å²) in [6.07, 6.45) is 0. The third kappa shape index (κ3) is 5.81. The van der Waals surface area contributed by atoms with Crippen molar-refractivity contribution in [2.45, 2.75) is 39.7 Å². The smallest absolute Gasteiger partial charge is 0.240 e. The van der Waals surface area contributed by atoms with E-state index >= 15 is 0 Å². The molecule has 158 valence electrons. The maximum atomic E-state index is 12.4. The summed E-state index contributed by atoms with van der Waals surface area (Å²) in [5.74, 6) is 1.26. The van der Waals surface area contributed by atoms with E-state index in [1.807, 2.05) is 6.07 Å². The van der Waals surface area contributed by atoms with Gasteiger partial charge in [0.25, 0.3) is 0 Å². The number of aryl methyl sites for hydroxylation is 1. The number of nitrogens with one attached hydrogen (secondary N) is 1. The Bertz CT molecular complexity index is 833. The minimum Gasteiger partial charge on any atom is -0.496 e. The van der Waals surface area contributed by atoms with Gasteiger partial charge in [-0.3, -0.25) is 19.9 Å². The fourth-order valence-electron chi connectivity index (χ4n) is 3.44. The number of hydrogen-bond donors (Lipinski definition) is 1. The van der Waals surface area contributed by atoms with E-state index in [-0.39, 0.29) is 11.3 Å². The SMILES string of the molecule is COc1ccc(C)cc1CN1CCN(CC(=O)Nc2cc(C(C)(C)C)no2)CC1. The first-order valence-electron chi connectivity index (χ1n) is 10.1. The lowest BCUT2D eigenvalue weighted by Crippen LogP contribution is -2.48. The van der Waals surface area contributed by atoms with E-state index < -0.39 is 0 Å². The summed E-state index contributed by atoms with van der Waals surface area (Å²) < 4.78 is 10.7. The maximum absolute atomic E-state index is 12.4. The number of piperazine rings is 1. The molecule has 1 amide bonds. The lowest BCUT2D eigenvalue weighted by Gasteiger charge is -2.34. The maximum Gasteiger partial charge on any atom is 0.240 e. The van der Waals surface area contributed by atoms with Crippen molar-refractivity contribution >= 4 is 11.8 Å². The Morgan fingerprint density at radius 3 is 2.48 bits per heavy atom. The van der Waals surface area contributed by atoms with E-state index in [4.69, 9.17) is 9.26 Å². The molecule has 1 aliphatic rings. The van der Waals surface area contributed by atoms with Crippen molar-refractivity contribution in [1.29, 1.82) is 0 Å². The fraction of sp³-hybridized carbons (Fsp3) is 0.545. The zero-order chi connectivity index (χ0) is 21.0. The van der Waals surface area contributed by atoms with Crippen LogP contribution in [0.5, 0.6) is 5.75 Å². The third-order valence-electron chi connectivity index (χ3n) is 5.20. The summed E-state index contributed by atoms with van der Waals surface area (Å²) in [7, 11) is 1.71. The molecule has 7 heteroatoms. The van der Waals surface area contributed by atoms with E-state index in [0.29, 0.717) is 12.4 Å². The van der Waals surface area contributed by atoms with Crippen molar-refractivity contribution < 1.29 is 14.1 Å². The number of nitrogens with zero attached hydrogens (tertiary/aromatic N) is 3. The fourth-order valence-corrected chi connectivity index (χ4v) is 3.44. The summed E-state index contributed by atoms with van der Waals surface area (Å²) >= 11 is 0. The number of amides is 1. The molecule has 2 heterocycles. The Morgan fingerprint density at radius 2 is 1.86 bits per heavy atom. The lowest BCUT2D eigenvalue weighted by molar-refractivity contribution is -0.117. The number of carbonyl (C=O) groups is 1. The van der Waals surface area contributed by atoms with Gasteiger partial charge >= 0.3 is 0 Å². The van der Waals surface area contributed by atoms with E-state index in [2.05, 4.69) is 60.1 Å². The predicted molar refractivity (Wildman–Crippen MR) is 113 cm³/mol. The molecule has 7 nitrogen and oxygen atoms in total. The number of rotatable bonds is 6. The molecule has 1 aliphatic heterocycles. The minimum atomic E-state index is -0.108. The highest BCUT2D eigenvalue weighted by molar-refractivity contribution is 5.91. The lowest BCUT2D eigenvalue weighted by atomic mass is 9.92. The van der Waals surface area contributed by atoms with Crippen LogP contribution >= 0.6 is 0 Å². The Balaban J connectivity index is 1.47. The van der Waals surface area contributed by atoms with Gasteiger partial charge in [0, 0.05) is 49.8 Å². The number of methoxy groups -OCH3 is 1. The molecule has 0 spiro atoms. The van der Waals surface area contributed by atoms with Gasteiger partial charge < -0.3 is 9.26 Å². The van der Waals surface area contributed by atoms with Crippen LogP contribution in [-0.2, 0) is 16.8 Å². The summed E-state index contributed by atoms with van der Waals surface area (Å²) in [5, 5.41) is 6.85. The first kappa shape index (κ1) is 21.3. The number of ether oxygens (including phenoxy) is 1. The van der Waals surface area contributed by atoms with Gasteiger partial charge in [0.15, 0.2) is 0 Å². The monoisotopic (exact) mass is 400 g/mol. The minimum absolute atomic E-state index is 0.0737. The van der Waals surface area contributed by atoms with Gasteiger partial charge in [0.2, 0.25) is 11.8 Å². The van der Waals surface area contributed by atoms with Crippen LogP contribution in [-0.4, -0.2) is 60.7 Å². The van der Waals surface area contributed by atoms with Gasteiger partial charge in [-0.05, 0) is 13.0 Å². The molecule has 1 saturated heterocycles. The molecule has 0 unspecified atom stereocenters. The highest BCUT2D eigenvalue weighted by atomic mass is 16.5. The van der Waals surface area contributed by atoms with E-state index in [1.165, 1.54) is 11.1 Å². The van der Waals surface area contributed by atoms with Crippen LogP contribution in [0.25, 0.3) is 0 Å².